The quantitative estimate of drug-likeness (QED) is 0.761. The molecule has 0 aromatic carbocycles. The van der Waals surface area contributed by atoms with Crippen molar-refractivity contribution in [1.82, 2.24) is 10.2 Å². The van der Waals surface area contributed by atoms with Crippen molar-refractivity contribution in [2.75, 3.05) is 31.9 Å². The van der Waals surface area contributed by atoms with E-state index in [1.807, 2.05) is 0 Å². The lowest BCUT2D eigenvalue weighted by atomic mass is 10.1. The molecule has 0 saturated carbocycles. The lowest BCUT2D eigenvalue weighted by molar-refractivity contribution is 0.210. The molecular weight excluding hydrogens is 248 g/mol. The fourth-order valence-corrected chi connectivity index (χ4v) is 3.15. The molecule has 1 saturated heterocycles. The summed E-state index contributed by atoms with van der Waals surface area (Å²) >= 11 is 0. The largest absolute Gasteiger partial charge is 0.312 e. The van der Waals surface area contributed by atoms with E-state index in [9.17, 15) is 8.42 Å². The van der Waals surface area contributed by atoms with E-state index in [4.69, 9.17) is 0 Å². The molecule has 1 atom stereocenters. The topological polar surface area (TPSA) is 49.4 Å². The molecule has 1 aliphatic heterocycles. The van der Waals surface area contributed by atoms with Crippen LogP contribution in [0.25, 0.3) is 0 Å². The van der Waals surface area contributed by atoms with Crippen LogP contribution in [-0.2, 0) is 9.84 Å². The molecule has 18 heavy (non-hydrogen) atoms. The van der Waals surface area contributed by atoms with Crippen molar-refractivity contribution < 1.29 is 8.42 Å². The van der Waals surface area contributed by atoms with Gasteiger partial charge < -0.3 is 10.2 Å². The minimum Gasteiger partial charge on any atom is -0.312 e. The Kier molecular flexibility index (Phi) is 6.60. The van der Waals surface area contributed by atoms with Crippen LogP contribution in [0.5, 0.6) is 0 Å². The Bertz CT molecular complexity index is 322. The first-order valence-electron chi connectivity index (χ1n) is 7.09. The molecule has 0 amide bonds. The molecule has 1 heterocycles. The van der Waals surface area contributed by atoms with Crippen molar-refractivity contribution in [2.24, 2.45) is 0 Å². The predicted molar refractivity (Wildman–Crippen MR) is 76.7 cm³/mol. The predicted octanol–water partition coefficient (Wildman–Crippen LogP) is 1.27. The van der Waals surface area contributed by atoms with E-state index < -0.39 is 9.84 Å². The van der Waals surface area contributed by atoms with Gasteiger partial charge >= 0.3 is 0 Å². The average Bonchev–Trinajstić information content (AvgIpc) is 2.29. The van der Waals surface area contributed by atoms with Crippen LogP contribution < -0.4 is 5.32 Å². The summed E-state index contributed by atoms with van der Waals surface area (Å²) in [6.07, 6.45) is 3.95. The Morgan fingerprint density at radius 1 is 1.11 bits per heavy atom. The molecule has 0 spiro atoms. The Labute approximate surface area is 112 Å². The maximum Gasteiger partial charge on any atom is 0.153 e. The number of likely N-dealkylation sites (tertiary alicyclic amines) is 1. The molecule has 1 fully saturated rings. The van der Waals surface area contributed by atoms with Gasteiger partial charge in [0.05, 0.1) is 11.0 Å². The minimum absolute atomic E-state index is 0.245. The van der Waals surface area contributed by atoms with Crippen molar-refractivity contribution in [3.05, 3.63) is 0 Å². The van der Waals surface area contributed by atoms with Gasteiger partial charge in [-0.05, 0) is 46.7 Å². The van der Waals surface area contributed by atoms with Crippen molar-refractivity contribution in [3.63, 3.8) is 0 Å². The number of nitrogens with one attached hydrogen (secondary N) is 1. The van der Waals surface area contributed by atoms with Crippen LogP contribution in [0, 0.1) is 0 Å². The Morgan fingerprint density at radius 3 is 2.28 bits per heavy atom. The summed E-state index contributed by atoms with van der Waals surface area (Å²) in [6, 6.07) is 0.366. The van der Waals surface area contributed by atoms with Gasteiger partial charge in [0, 0.05) is 19.1 Å². The second kappa shape index (κ2) is 7.46. The van der Waals surface area contributed by atoms with Gasteiger partial charge in [-0.2, -0.15) is 0 Å². The molecule has 0 aromatic rings. The normalized spacial score (nSPS) is 20.2. The first-order valence-corrected chi connectivity index (χ1v) is 8.80. The van der Waals surface area contributed by atoms with Gasteiger partial charge in [0.25, 0.3) is 0 Å². The molecule has 5 heteroatoms. The smallest absolute Gasteiger partial charge is 0.153 e. The van der Waals surface area contributed by atoms with Gasteiger partial charge in [-0.1, -0.05) is 6.42 Å². The van der Waals surface area contributed by atoms with Crippen molar-refractivity contribution in [1.29, 1.82) is 0 Å². The van der Waals surface area contributed by atoms with Crippen molar-refractivity contribution in [2.45, 2.75) is 51.3 Å². The van der Waals surface area contributed by atoms with Gasteiger partial charge in [-0.15, -0.1) is 0 Å². The van der Waals surface area contributed by atoms with Crippen LogP contribution in [-0.4, -0.2) is 56.5 Å². The standard InChI is InChI=1S/C13H28N2O2S/c1-12(2)18(16,17)10-7-14-13(3)11-15-8-5-4-6-9-15/h12-14H,4-11H2,1-3H3. The number of sulfone groups is 1. The van der Waals surface area contributed by atoms with Gasteiger partial charge in [0.15, 0.2) is 9.84 Å². The van der Waals surface area contributed by atoms with E-state index in [2.05, 4.69) is 17.1 Å². The highest BCUT2D eigenvalue weighted by molar-refractivity contribution is 7.92. The first kappa shape index (κ1) is 15.9. The minimum atomic E-state index is -2.90. The third-order valence-corrected chi connectivity index (χ3v) is 5.79. The molecular formula is C13H28N2O2S. The van der Waals surface area contributed by atoms with Gasteiger partial charge in [0.2, 0.25) is 0 Å². The molecule has 4 nitrogen and oxygen atoms in total. The zero-order valence-electron chi connectivity index (χ0n) is 12.0. The maximum atomic E-state index is 11.7. The highest BCUT2D eigenvalue weighted by atomic mass is 32.2. The van der Waals surface area contributed by atoms with Crippen LogP contribution in [0.4, 0.5) is 0 Å². The van der Waals surface area contributed by atoms with E-state index >= 15 is 0 Å². The van der Waals surface area contributed by atoms with E-state index in [0.29, 0.717) is 12.6 Å². The summed E-state index contributed by atoms with van der Waals surface area (Å²) in [5.74, 6) is 0.245. The highest BCUT2D eigenvalue weighted by Gasteiger charge is 2.17. The molecule has 1 N–H and O–H groups in total. The molecule has 0 aromatic heterocycles. The third-order valence-electron chi connectivity index (χ3n) is 3.58. The van der Waals surface area contributed by atoms with Crippen LogP contribution in [0.15, 0.2) is 0 Å². The monoisotopic (exact) mass is 276 g/mol. The Morgan fingerprint density at radius 2 is 1.72 bits per heavy atom. The number of piperidine rings is 1. The maximum absolute atomic E-state index is 11.7. The zero-order valence-corrected chi connectivity index (χ0v) is 12.8. The summed E-state index contributed by atoms with van der Waals surface area (Å²) in [4.78, 5) is 2.47. The lowest BCUT2D eigenvalue weighted by Gasteiger charge is -2.29. The van der Waals surface area contributed by atoms with Crippen molar-refractivity contribution >= 4 is 9.84 Å². The zero-order chi connectivity index (χ0) is 13.6. The molecule has 1 unspecified atom stereocenters. The summed E-state index contributed by atoms with van der Waals surface area (Å²) in [7, 11) is -2.90. The van der Waals surface area contributed by atoms with E-state index in [-0.39, 0.29) is 11.0 Å². The van der Waals surface area contributed by atoms with Crippen LogP contribution in [0.1, 0.15) is 40.0 Å². The van der Waals surface area contributed by atoms with Gasteiger partial charge in [-0.25, -0.2) is 8.42 Å². The van der Waals surface area contributed by atoms with Gasteiger partial charge in [-0.3, -0.25) is 0 Å². The number of nitrogens with zero attached hydrogens (tertiary/aromatic N) is 1. The summed E-state index contributed by atoms with van der Waals surface area (Å²) in [5.41, 5.74) is 0. The van der Waals surface area contributed by atoms with Crippen molar-refractivity contribution in [3.8, 4) is 0 Å². The van der Waals surface area contributed by atoms with Crippen LogP contribution >= 0.6 is 0 Å². The summed E-state index contributed by atoms with van der Waals surface area (Å²) in [6.45, 7) is 9.60. The van der Waals surface area contributed by atoms with Gasteiger partial charge in [0.1, 0.15) is 0 Å². The number of rotatable bonds is 7. The Balaban J connectivity index is 2.18. The number of hydrogen-bond donors (Lipinski definition) is 1. The fourth-order valence-electron chi connectivity index (χ4n) is 2.28. The van der Waals surface area contributed by atoms with Crippen LogP contribution in [0.3, 0.4) is 0 Å². The molecule has 0 aliphatic carbocycles. The fraction of sp³-hybridized carbons (Fsp3) is 1.00. The second-order valence-corrected chi connectivity index (χ2v) is 8.31. The SMILES string of the molecule is CC(CN1CCCCC1)NCCS(=O)(=O)C(C)C. The third kappa shape index (κ3) is 5.67. The van der Waals surface area contributed by atoms with E-state index in [1.165, 1.54) is 32.4 Å². The summed E-state index contributed by atoms with van der Waals surface area (Å²) in [5, 5.41) is 3.05. The van der Waals surface area contributed by atoms with Crippen LogP contribution in [0.2, 0.25) is 0 Å². The number of hydrogen-bond acceptors (Lipinski definition) is 4. The molecule has 1 aliphatic rings. The van der Waals surface area contributed by atoms with E-state index in [0.717, 1.165) is 6.54 Å². The highest BCUT2D eigenvalue weighted by Crippen LogP contribution is 2.08. The molecule has 0 bridgehead atoms. The first-order chi connectivity index (χ1) is 8.42. The lowest BCUT2D eigenvalue weighted by Crippen LogP contribution is -2.43. The second-order valence-electron chi connectivity index (χ2n) is 5.63. The molecule has 108 valence electrons. The molecule has 1 rings (SSSR count). The average molecular weight is 276 g/mol. The summed E-state index contributed by atoms with van der Waals surface area (Å²) < 4.78 is 23.3. The van der Waals surface area contributed by atoms with E-state index in [1.54, 1.807) is 13.8 Å². The Hall–Kier alpha value is -0.130. The molecule has 0 radical (unpaired) electrons.